The highest BCUT2D eigenvalue weighted by molar-refractivity contribution is 5.97. The quantitative estimate of drug-likeness (QED) is 0.896. The van der Waals surface area contributed by atoms with E-state index in [-0.39, 0.29) is 5.91 Å². The molecule has 1 aromatic heterocycles. The lowest BCUT2D eigenvalue weighted by molar-refractivity contribution is 0.0952. The van der Waals surface area contributed by atoms with Crippen LogP contribution in [0.25, 0.3) is 11.0 Å². The van der Waals surface area contributed by atoms with Crippen molar-refractivity contribution < 1.29 is 4.79 Å². The van der Waals surface area contributed by atoms with E-state index in [0.29, 0.717) is 11.5 Å². The minimum atomic E-state index is 0.0163. The highest BCUT2D eigenvalue weighted by Crippen LogP contribution is 2.27. The predicted octanol–water partition coefficient (Wildman–Crippen LogP) is 2.02. The molecule has 0 saturated heterocycles. The van der Waals surface area contributed by atoms with Gasteiger partial charge >= 0.3 is 0 Å². The minimum absolute atomic E-state index is 0.0163. The van der Waals surface area contributed by atoms with Crippen molar-refractivity contribution in [3.63, 3.8) is 0 Å². The maximum absolute atomic E-state index is 12.0. The fraction of sp³-hybridized carbons (Fsp3) is 0.429. The van der Waals surface area contributed by atoms with Crippen LogP contribution in [0.3, 0.4) is 0 Å². The fourth-order valence-corrected chi connectivity index (χ4v) is 2.11. The van der Waals surface area contributed by atoms with Crippen LogP contribution in [0, 0.1) is 12.8 Å². The van der Waals surface area contributed by atoms with E-state index in [9.17, 15) is 4.79 Å². The van der Waals surface area contributed by atoms with Crippen molar-refractivity contribution >= 4 is 16.9 Å². The summed E-state index contributed by atoms with van der Waals surface area (Å²) in [6.07, 6.45) is 2.50. The van der Waals surface area contributed by atoms with Gasteiger partial charge in [-0.25, -0.2) is 4.98 Å². The third-order valence-electron chi connectivity index (χ3n) is 3.61. The second-order valence-corrected chi connectivity index (χ2v) is 5.07. The third kappa shape index (κ3) is 1.98. The first-order chi connectivity index (χ1) is 8.65. The molecule has 0 bridgehead atoms. The zero-order valence-corrected chi connectivity index (χ0v) is 10.7. The first-order valence-electron chi connectivity index (χ1n) is 6.36. The Balaban J connectivity index is 1.86. The molecule has 4 nitrogen and oxygen atoms in total. The van der Waals surface area contributed by atoms with Crippen LogP contribution >= 0.6 is 0 Å². The van der Waals surface area contributed by atoms with Gasteiger partial charge in [0.25, 0.3) is 5.91 Å². The van der Waals surface area contributed by atoms with Gasteiger partial charge in [-0.3, -0.25) is 4.79 Å². The number of imidazole rings is 1. The number of nitrogens with one attached hydrogen (secondary N) is 1. The van der Waals surface area contributed by atoms with Crippen molar-refractivity contribution in [3.05, 3.63) is 29.6 Å². The number of rotatable bonds is 3. The van der Waals surface area contributed by atoms with Crippen LogP contribution in [-0.4, -0.2) is 22.0 Å². The van der Waals surface area contributed by atoms with Gasteiger partial charge in [-0.15, -0.1) is 0 Å². The lowest BCUT2D eigenvalue weighted by Crippen LogP contribution is -2.25. The summed E-state index contributed by atoms with van der Waals surface area (Å²) in [5.74, 6) is 1.68. The van der Waals surface area contributed by atoms with E-state index in [0.717, 1.165) is 23.4 Å². The van der Waals surface area contributed by atoms with Crippen LogP contribution in [-0.2, 0) is 7.05 Å². The second-order valence-electron chi connectivity index (χ2n) is 5.07. The zero-order chi connectivity index (χ0) is 12.7. The van der Waals surface area contributed by atoms with Crippen molar-refractivity contribution in [3.8, 4) is 0 Å². The molecule has 1 N–H and O–H groups in total. The SMILES string of the molecule is Cc1nc2ccc(C(=O)NCC3CC3)cc2n1C. The van der Waals surface area contributed by atoms with Crippen LogP contribution in [0.4, 0.5) is 0 Å². The number of aromatic nitrogens is 2. The molecule has 0 spiro atoms. The summed E-state index contributed by atoms with van der Waals surface area (Å²) in [6.45, 7) is 2.77. The summed E-state index contributed by atoms with van der Waals surface area (Å²) in [4.78, 5) is 16.4. The Labute approximate surface area is 106 Å². The van der Waals surface area contributed by atoms with E-state index in [1.165, 1.54) is 12.8 Å². The number of carbonyl (C=O) groups is 1. The summed E-state index contributed by atoms with van der Waals surface area (Å²) in [6, 6.07) is 5.67. The zero-order valence-electron chi connectivity index (χ0n) is 10.7. The molecule has 1 aliphatic rings. The Hall–Kier alpha value is -1.84. The van der Waals surface area contributed by atoms with Gasteiger partial charge < -0.3 is 9.88 Å². The van der Waals surface area contributed by atoms with E-state index in [2.05, 4.69) is 10.3 Å². The number of aryl methyl sites for hydroxylation is 2. The number of hydrogen-bond acceptors (Lipinski definition) is 2. The lowest BCUT2D eigenvalue weighted by atomic mass is 10.2. The highest BCUT2D eigenvalue weighted by atomic mass is 16.1. The van der Waals surface area contributed by atoms with Crippen molar-refractivity contribution in [2.75, 3.05) is 6.54 Å². The first-order valence-corrected chi connectivity index (χ1v) is 6.36. The molecule has 1 aliphatic carbocycles. The van der Waals surface area contributed by atoms with Gasteiger partial charge in [0.15, 0.2) is 0 Å². The average molecular weight is 243 g/mol. The van der Waals surface area contributed by atoms with Crippen molar-refractivity contribution in [2.24, 2.45) is 13.0 Å². The van der Waals surface area contributed by atoms with Gasteiger partial charge in [-0.1, -0.05) is 0 Å². The molecule has 0 unspecified atom stereocenters. The summed E-state index contributed by atoms with van der Waals surface area (Å²) in [5.41, 5.74) is 2.66. The number of fused-ring (bicyclic) bond motifs is 1. The molecule has 3 rings (SSSR count). The maximum atomic E-state index is 12.0. The molecular weight excluding hydrogens is 226 g/mol. The van der Waals surface area contributed by atoms with Crippen molar-refractivity contribution in [1.29, 1.82) is 0 Å². The fourth-order valence-electron chi connectivity index (χ4n) is 2.11. The molecule has 0 atom stereocenters. The van der Waals surface area contributed by atoms with E-state index in [1.807, 2.05) is 36.7 Å². The summed E-state index contributed by atoms with van der Waals surface area (Å²) >= 11 is 0. The number of carbonyl (C=O) groups excluding carboxylic acids is 1. The van der Waals surface area contributed by atoms with Gasteiger partial charge in [0, 0.05) is 19.2 Å². The predicted molar refractivity (Wildman–Crippen MR) is 70.5 cm³/mol. The van der Waals surface area contributed by atoms with Crippen LogP contribution in [0.15, 0.2) is 18.2 Å². The second kappa shape index (κ2) is 4.12. The minimum Gasteiger partial charge on any atom is -0.352 e. The maximum Gasteiger partial charge on any atom is 0.251 e. The van der Waals surface area contributed by atoms with Crippen molar-refractivity contribution in [2.45, 2.75) is 19.8 Å². The van der Waals surface area contributed by atoms with Gasteiger partial charge in [0.1, 0.15) is 5.82 Å². The summed E-state index contributed by atoms with van der Waals surface area (Å²) < 4.78 is 2.01. The molecule has 94 valence electrons. The monoisotopic (exact) mass is 243 g/mol. The van der Waals surface area contributed by atoms with Crippen LogP contribution in [0.1, 0.15) is 29.0 Å². The number of amides is 1. The van der Waals surface area contributed by atoms with Gasteiger partial charge in [0.2, 0.25) is 0 Å². The Morgan fingerprint density at radius 2 is 2.28 bits per heavy atom. The first kappa shape index (κ1) is 11.3. The molecule has 0 aliphatic heterocycles. The van der Waals surface area contributed by atoms with Gasteiger partial charge in [-0.2, -0.15) is 0 Å². The summed E-state index contributed by atoms with van der Waals surface area (Å²) in [7, 11) is 1.97. The standard InChI is InChI=1S/C14H17N3O/c1-9-16-12-6-5-11(7-13(12)17(9)2)14(18)15-8-10-3-4-10/h5-7,10H,3-4,8H2,1-2H3,(H,15,18). The topological polar surface area (TPSA) is 46.9 Å². The Bertz CT molecular complexity index is 611. The molecule has 0 radical (unpaired) electrons. The number of nitrogens with zero attached hydrogens (tertiary/aromatic N) is 2. The average Bonchev–Trinajstić information content (AvgIpc) is 3.15. The van der Waals surface area contributed by atoms with E-state index in [1.54, 1.807) is 0 Å². The molecule has 1 saturated carbocycles. The largest absolute Gasteiger partial charge is 0.352 e. The molecule has 1 heterocycles. The van der Waals surface area contributed by atoms with Crippen molar-refractivity contribution in [1.82, 2.24) is 14.9 Å². The normalized spacial score (nSPS) is 15.0. The smallest absolute Gasteiger partial charge is 0.251 e. The van der Waals surface area contributed by atoms with Crippen LogP contribution in [0.5, 0.6) is 0 Å². The van der Waals surface area contributed by atoms with Crippen LogP contribution in [0.2, 0.25) is 0 Å². The molecular formula is C14H17N3O. The van der Waals surface area contributed by atoms with E-state index < -0.39 is 0 Å². The summed E-state index contributed by atoms with van der Waals surface area (Å²) in [5, 5.41) is 2.98. The molecule has 1 amide bonds. The molecule has 1 aromatic carbocycles. The molecule has 4 heteroatoms. The van der Waals surface area contributed by atoms with E-state index in [4.69, 9.17) is 0 Å². The highest BCUT2D eigenvalue weighted by Gasteiger charge is 2.22. The van der Waals surface area contributed by atoms with E-state index >= 15 is 0 Å². The molecule has 18 heavy (non-hydrogen) atoms. The van der Waals surface area contributed by atoms with Crippen LogP contribution < -0.4 is 5.32 Å². The molecule has 1 fully saturated rings. The third-order valence-corrected chi connectivity index (χ3v) is 3.61. The number of hydrogen-bond donors (Lipinski definition) is 1. The Morgan fingerprint density at radius 3 is 3.00 bits per heavy atom. The Kier molecular flexibility index (Phi) is 2.58. The van der Waals surface area contributed by atoms with Gasteiger partial charge in [-0.05, 0) is 43.9 Å². The van der Waals surface area contributed by atoms with Gasteiger partial charge in [0.05, 0.1) is 11.0 Å². The molecule has 2 aromatic rings. The Morgan fingerprint density at radius 1 is 1.50 bits per heavy atom. The lowest BCUT2D eigenvalue weighted by Gasteiger charge is -2.04. The number of benzene rings is 1.